The van der Waals surface area contributed by atoms with Crippen molar-refractivity contribution in [2.75, 3.05) is 20.0 Å². The van der Waals surface area contributed by atoms with E-state index in [4.69, 9.17) is 19.9 Å². The van der Waals surface area contributed by atoms with E-state index in [1.165, 1.54) is 0 Å². The molecule has 3 N–H and O–H groups in total. The molecule has 3 rings (SSSR count). The van der Waals surface area contributed by atoms with Gasteiger partial charge < -0.3 is 25.3 Å². The summed E-state index contributed by atoms with van der Waals surface area (Å²) in [4.78, 5) is 12.1. The zero-order valence-corrected chi connectivity index (χ0v) is 10.5. The first kappa shape index (κ1) is 12.3. The Hall–Kier alpha value is -1.79. The van der Waals surface area contributed by atoms with Crippen molar-refractivity contribution < 1.29 is 19.0 Å². The van der Waals surface area contributed by atoms with E-state index < -0.39 is 5.54 Å². The van der Waals surface area contributed by atoms with Crippen LogP contribution in [-0.4, -0.2) is 31.5 Å². The quantitative estimate of drug-likeness (QED) is 0.812. The highest BCUT2D eigenvalue weighted by Gasteiger charge is 2.38. The van der Waals surface area contributed by atoms with Crippen LogP contribution in [0.1, 0.15) is 12.0 Å². The van der Waals surface area contributed by atoms with Crippen LogP contribution >= 0.6 is 0 Å². The molecule has 1 atom stereocenters. The highest BCUT2D eigenvalue weighted by atomic mass is 16.7. The Morgan fingerprint density at radius 3 is 3.11 bits per heavy atom. The number of benzene rings is 1. The van der Waals surface area contributed by atoms with Crippen molar-refractivity contribution in [2.45, 2.75) is 18.5 Å². The first-order valence-electron chi connectivity index (χ1n) is 6.21. The van der Waals surface area contributed by atoms with Gasteiger partial charge in [0.1, 0.15) is 5.54 Å². The van der Waals surface area contributed by atoms with Gasteiger partial charge in [-0.05, 0) is 12.5 Å². The standard InChI is InChI=1S/C13H16N2O4/c14-13(4-5-17-7-13)12(16)15-6-9-2-1-3-10-11(9)19-8-18-10/h1-3H,4-8,14H2,(H,15,16). The number of nitrogens with one attached hydrogen (secondary N) is 1. The third-order valence-corrected chi connectivity index (χ3v) is 3.42. The van der Waals surface area contributed by atoms with Crippen molar-refractivity contribution in [1.82, 2.24) is 5.32 Å². The van der Waals surface area contributed by atoms with E-state index in [0.29, 0.717) is 31.1 Å². The lowest BCUT2D eigenvalue weighted by atomic mass is 9.99. The summed E-state index contributed by atoms with van der Waals surface area (Å²) in [6.45, 7) is 1.38. The van der Waals surface area contributed by atoms with Gasteiger partial charge in [0.15, 0.2) is 11.5 Å². The molecular weight excluding hydrogens is 248 g/mol. The summed E-state index contributed by atoms with van der Waals surface area (Å²) in [5.74, 6) is 1.21. The van der Waals surface area contributed by atoms with Gasteiger partial charge in [-0.2, -0.15) is 0 Å². The molecule has 102 valence electrons. The second-order valence-corrected chi connectivity index (χ2v) is 4.79. The average molecular weight is 264 g/mol. The minimum Gasteiger partial charge on any atom is -0.454 e. The molecule has 6 nitrogen and oxygen atoms in total. The van der Waals surface area contributed by atoms with Gasteiger partial charge in [-0.15, -0.1) is 0 Å². The van der Waals surface area contributed by atoms with Crippen LogP contribution in [0.3, 0.4) is 0 Å². The molecule has 1 unspecified atom stereocenters. The highest BCUT2D eigenvalue weighted by Crippen LogP contribution is 2.35. The second kappa shape index (κ2) is 4.71. The molecule has 1 fully saturated rings. The maximum Gasteiger partial charge on any atom is 0.242 e. The number of fused-ring (bicyclic) bond motifs is 1. The first-order chi connectivity index (χ1) is 9.19. The van der Waals surface area contributed by atoms with E-state index in [-0.39, 0.29) is 19.3 Å². The fraction of sp³-hybridized carbons (Fsp3) is 0.462. The van der Waals surface area contributed by atoms with E-state index in [9.17, 15) is 4.79 Å². The summed E-state index contributed by atoms with van der Waals surface area (Å²) in [6, 6.07) is 5.59. The molecule has 0 aromatic heterocycles. The number of nitrogens with two attached hydrogens (primary N) is 1. The maximum absolute atomic E-state index is 12.1. The molecular formula is C13H16N2O4. The van der Waals surface area contributed by atoms with Crippen LogP contribution < -0.4 is 20.5 Å². The van der Waals surface area contributed by atoms with E-state index >= 15 is 0 Å². The zero-order valence-electron chi connectivity index (χ0n) is 10.5. The summed E-state index contributed by atoms with van der Waals surface area (Å²) in [6.07, 6.45) is 0.547. The molecule has 0 saturated carbocycles. The van der Waals surface area contributed by atoms with Crippen molar-refractivity contribution >= 4 is 5.91 Å². The topological polar surface area (TPSA) is 82.8 Å². The summed E-state index contributed by atoms with van der Waals surface area (Å²) < 4.78 is 15.8. The molecule has 1 aromatic rings. The summed E-state index contributed by atoms with van der Waals surface area (Å²) in [7, 11) is 0. The van der Waals surface area contributed by atoms with Crippen LogP contribution in [0.2, 0.25) is 0 Å². The Kier molecular flexibility index (Phi) is 3.04. The van der Waals surface area contributed by atoms with E-state index in [0.717, 1.165) is 5.56 Å². The number of hydrogen-bond acceptors (Lipinski definition) is 5. The summed E-state index contributed by atoms with van der Waals surface area (Å²) in [5.41, 5.74) is 5.96. The number of carbonyl (C=O) groups is 1. The minimum absolute atomic E-state index is 0.193. The predicted octanol–water partition coefficient (Wildman–Crippen LogP) is 0.149. The Morgan fingerprint density at radius 1 is 1.42 bits per heavy atom. The Morgan fingerprint density at radius 2 is 2.32 bits per heavy atom. The number of carbonyl (C=O) groups excluding carboxylic acids is 1. The van der Waals surface area contributed by atoms with Gasteiger partial charge in [-0.1, -0.05) is 12.1 Å². The van der Waals surface area contributed by atoms with Gasteiger partial charge in [0.2, 0.25) is 12.7 Å². The Balaban J connectivity index is 1.67. The van der Waals surface area contributed by atoms with Gasteiger partial charge in [0.05, 0.1) is 6.61 Å². The van der Waals surface area contributed by atoms with Crippen LogP contribution in [0, 0.1) is 0 Å². The van der Waals surface area contributed by atoms with Gasteiger partial charge in [-0.25, -0.2) is 0 Å². The Labute approximate surface area is 110 Å². The smallest absolute Gasteiger partial charge is 0.242 e. The fourth-order valence-electron chi connectivity index (χ4n) is 2.24. The van der Waals surface area contributed by atoms with Crippen LogP contribution in [-0.2, 0) is 16.1 Å². The molecule has 0 spiro atoms. The summed E-state index contributed by atoms with van der Waals surface area (Å²) in [5, 5.41) is 2.83. The number of para-hydroxylation sites is 1. The predicted molar refractivity (Wildman–Crippen MR) is 66.8 cm³/mol. The van der Waals surface area contributed by atoms with Crippen LogP contribution in [0.25, 0.3) is 0 Å². The average Bonchev–Trinajstić information content (AvgIpc) is 3.05. The molecule has 0 bridgehead atoms. The largest absolute Gasteiger partial charge is 0.454 e. The third-order valence-electron chi connectivity index (χ3n) is 3.42. The monoisotopic (exact) mass is 264 g/mol. The van der Waals surface area contributed by atoms with Gasteiger partial charge >= 0.3 is 0 Å². The molecule has 19 heavy (non-hydrogen) atoms. The highest BCUT2D eigenvalue weighted by molar-refractivity contribution is 5.86. The van der Waals surface area contributed by atoms with Gasteiger partial charge in [-0.3, -0.25) is 4.79 Å². The van der Waals surface area contributed by atoms with Crippen molar-refractivity contribution in [2.24, 2.45) is 5.73 Å². The Bertz CT molecular complexity index is 497. The number of amides is 1. The molecule has 1 aromatic carbocycles. The van der Waals surface area contributed by atoms with Crippen LogP contribution in [0.5, 0.6) is 11.5 Å². The number of hydrogen-bond donors (Lipinski definition) is 2. The van der Waals surface area contributed by atoms with E-state index in [1.54, 1.807) is 0 Å². The molecule has 2 aliphatic rings. The molecule has 1 amide bonds. The lowest BCUT2D eigenvalue weighted by Crippen LogP contribution is -2.54. The molecule has 0 aliphatic carbocycles. The lowest BCUT2D eigenvalue weighted by Gasteiger charge is -2.20. The zero-order chi connectivity index (χ0) is 13.3. The third kappa shape index (κ3) is 2.24. The van der Waals surface area contributed by atoms with Crippen molar-refractivity contribution in [3.05, 3.63) is 23.8 Å². The molecule has 0 radical (unpaired) electrons. The van der Waals surface area contributed by atoms with Crippen molar-refractivity contribution in [3.63, 3.8) is 0 Å². The maximum atomic E-state index is 12.1. The second-order valence-electron chi connectivity index (χ2n) is 4.79. The van der Waals surface area contributed by atoms with Crippen LogP contribution in [0.4, 0.5) is 0 Å². The lowest BCUT2D eigenvalue weighted by molar-refractivity contribution is -0.126. The van der Waals surface area contributed by atoms with E-state index in [1.807, 2.05) is 18.2 Å². The van der Waals surface area contributed by atoms with Crippen molar-refractivity contribution in [3.8, 4) is 11.5 Å². The SMILES string of the molecule is NC1(C(=O)NCc2cccc3c2OCO3)CCOC1. The normalized spacial score (nSPS) is 24.5. The van der Waals surface area contributed by atoms with E-state index in [2.05, 4.69) is 5.32 Å². The molecule has 1 saturated heterocycles. The number of ether oxygens (including phenoxy) is 3. The molecule has 2 heterocycles. The minimum atomic E-state index is -0.907. The van der Waals surface area contributed by atoms with Crippen LogP contribution in [0.15, 0.2) is 18.2 Å². The van der Waals surface area contributed by atoms with Gasteiger partial charge in [0.25, 0.3) is 0 Å². The first-order valence-corrected chi connectivity index (χ1v) is 6.21. The fourth-order valence-corrected chi connectivity index (χ4v) is 2.24. The van der Waals surface area contributed by atoms with Crippen molar-refractivity contribution in [1.29, 1.82) is 0 Å². The summed E-state index contributed by atoms with van der Waals surface area (Å²) >= 11 is 0. The number of rotatable bonds is 3. The molecule has 6 heteroatoms. The van der Waals surface area contributed by atoms with Gasteiger partial charge in [0, 0.05) is 18.7 Å². The molecule has 2 aliphatic heterocycles.